The number of hydrogen-bond donors (Lipinski definition) is 0. The van der Waals surface area contributed by atoms with E-state index in [-0.39, 0.29) is 35.3 Å². The molecule has 5 rings (SSSR count). The highest BCUT2D eigenvalue weighted by atomic mass is 32.1. The Bertz CT molecular complexity index is 1200. The van der Waals surface area contributed by atoms with Gasteiger partial charge >= 0.3 is 0 Å². The highest BCUT2D eigenvalue weighted by Crippen LogP contribution is 2.51. The van der Waals surface area contributed by atoms with Crippen LogP contribution in [0.25, 0.3) is 0 Å². The van der Waals surface area contributed by atoms with Gasteiger partial charge in [-0.2, -0.15) is 5.26 Å². The van der Waals surface area contributed by atoms with Gasteiger partial charge in [0.2, 0.25) is 5.91 Å². The SMILES string of the molecule is CC1(C)CC(=O)C2=C(C1)N(c1sc3c(c1C#N)CCCC3)C(=O)CC2c1ccc(F)cc1. The number of fused-ring (bicyclic) bond motifs is 1. The number of nitrogens with zero attached hydrogens (tertiary/aromatic N) is 2. The Morgan fingerprint density at radius 1 is 1.12 bits per heavy atom. The molecule has 1 aliphatic heterocycles. The number of halogens is 1. The van der Waals surface area contributed by atoms with Gasteiger partial charge in [-0.15, -0.1) is 11.3 Å². The Morgan fingerprint density at radius 3 is 2.56 bits per heavy atom. The Balaban J connectivity index is 1.70. The summed E-state index contributed by atoms with van der Waals surface area (Å²) in [5.41, 5.74) is 3.57. The van der Waals surface area contributed by atoms with E-state index in [1.807, 2.05) is 13.8 Å². The summed E-state index contributed by atoms with van der Waals surface area (Å²) < 4.78 is 13.5. The van der Waals surface area contributed by atoms with Crippen LogP contribution in [0.3, 0.4) is 0 Å². The highest BCUT2D eigenvalue weighted by Gasteiger charge is 2.45. The molecule has 4 nitrogen and oxygen atoms in total. The molecule has 0 spiro atoms. The second-order valence-corrected chi connectivity index (χ2v) is 10.9. The minimum atomic E-state index is -0.377. The Kier molecular flexibility index (Phi) is 5.05. The topological polar surface area (TPSA) is 61.2 Å². The molecule has 0 radical (unpaired) electrons. The van der Waals surface area contributed by atoms with E-state index >= 15 is 0 Å². The average molecular weight is 449 g/mol. The molecule has 0 fully saturated rings. The number of thiophene rings is 1. The van der Waals surface area contributed by atoms with Crippen molar-refractivity contribution in [2.24, 2.45) is 5.41 Å². The van der Waals surface area contributed by atoms with Crippen LogP contribution < -0.4 is 4.90 Å². The molecule has 1 amide bonds. The summed E-state index contributed by atoms with van der Waals surface area (Å²) in [7, 11) is 0. The lowest BCUT2D eigenvalue weighted by Crippen LogP contribution is -2.43. The van der Waals surface area contributed by atoms with Gasteiger partial charge in [-0.05, 0) is 60.8 Å². The van der Waals surface area contributed by atoms with Gasteiger partial charge in [-0.25, -0.2) is 4.39 Å². The van der Waals surface area contributed by atoms with Crippen molar-refractivity contribution < 1.29 is 14.0 Å². The molecule has 1 aromatic heterocycles. The number of allylic oxidation sites excluding steroid dienone is 2. The summed E-state index contributed by atoms with van der Waals surface area (Å²) in [5, 5.41) is 10.7. The molecule has 0 N–H and O–H groups in total. The molecule has 164 valence electrons. The third kappa shape index (κ3) is 3.40. The average Bonchev–Trinajstić information content (AvgIpc) is 3.10. The van der Waals surface area contributed by atoms with Gasteiger partial charge in [0.25, 0.3) is 0 Å². The monoisotopic (exact) mass is 448 g/mol. The van der Waals surface area contributed by atoms with E-state index in [0.29, 0.717) is 29.0 Å². The van der Waals surface area contributed by atoms with Crippen molar-refractivity contribution in [3.05, 3.63) is 62.9 Å². The molecular weight excluding hydrogens is 423 g/mol. The second-order valence-electron chi connectivity index (χ2n) is 9.84. The molecule has 2 aliphatic carbocycles. The van der Waals surface area contributed by atoms with E-state index in [9.17, 15) is 19.2 Å². The molecule has 6 heteroatoms. The van der Waals surface area contributed by atoms with Crippen LogP contribution in [-0.4, -0.2) is 11.7 Å². The lowest BCUT2D eigenvalue weighted by molar-refractivity contribution is -0.120. The molecule has 2 heterocycles. The first-order valence-electron chi connectivity index (χ1n) is 11.2. The maximum absolute atomic E-state index is 13.6. The largest absolute Gasteiger partial charge is 0.294 e. The Labute approximate surface area is 191 Å². The van der Waals surface area contributed by atoms with Crippen LogP contribution in [0.1, 0.15) is 73.4 Å². The maximum Gasteiger partial charge on any atom is 0.232 e. The normalized spacial score (nSPS) is 22.4. The van der Waals surface area contributed by atoms with Crippen molar-refractivity contribution >= 4 is 28.0 Å². The van der Waals surface area contributed by atoms with Gasteiger partial charge < -0.3 is 0 Å². The molecule has 2 aromatic rings. The van der Waals surface area contributed by atoms with Crippen molar-refractivity contribution in [1.82, 2.24) is 0 Å². The number of ketones is 1. The number of carbonyl (C=O) groups is 2. The molecule has 1 atom stereocenters. The zero-order chi connectivity index (χ0) is 22.6. The number of anilines is 1. The lowest BCUT2D eigenvalue weighted by Gasteiger charge is -2.42. The molecule has 0 saturated carbocycles. The van der Waals surface area contributed by atoms with Crippen LogP contribution in [0.4, 0.5) is 9.39 Å². The third-order valence-corrected chi connectivity index (χ3v) is 8.16. The minimum Gasteiger partial charge on any atom is -0.294 e. The number of aryl methyl sites for hydroxylation is 1. The van der Waals surface area contributed by atoms with Crippen molar-refractivity contribution in [3.63, 3.8) is 0 Å². The molecule has 3 aliphatic rings. The number of rotatable bonds is 2. The number of hydrogen-bond acceptors (Lipinski definition) is 4. The number of nitriles is 1. The van der Waals surface area contributed by atoms with Crippen LogP contribution in [0.15, 0.2) is 35.5 Å². The van der Waals surface area contributed by atoms with Crippen LogP contribution in [0, 0.1) is 22.6 Å². The molecule has 0 saturated heterocycles. The van der Waals surface area contributed by atoms with Crippen molar-refractivity contribution in [3.8, 4) is 6.07 Å². The van der Waals surface area contributed by atoms with E-state index in [1.165, 1.54) is 17.0 Å². The van der Waals surface area contributed by atoms with Gasteiger partial charge in [-0.1, -0.05) is 26.0 Å². The smallest absolute Gasteiger partial charge is 0.232 e. The molecule has 32 heavy (non-hydrogen) atoms. The number of benzene rings is 1. The lowest BCUT2D eigenvalue weighted by atomic mass is 9.69. The summed E-state index contributed by atoms with van der Waals surface area (Å²) in [5.74, 6) is -0.773. The van der Waals surface area contributed by atoms with Gasteiger partial charge in [0.1, 0.15) is 16.9 Å². The Hall–Kier alpha value is -2.78. The number of amides is 1. The van der Waals surface area contributed by atoms with Crippen LogP contribution in [-0.2, 0) is 22.4 Å². The van der Waals surface area contributed by atoms with Crippen molar-refractivity contribution in [2.45, 2.75) is 64.7 Å². The fourth-order valence-corrected chi connectivity index (χ4v) is 6.84. The predicted octanol–water partition coefficient (Wildman–Crippen LogP) is 5.80. The fourth-order valence-electron chi connectivity index (χ4n) is 5.45. The number of Topliss-reactive ketones (excluding diaryl/α,β-unsaturated/α-hetero) is 1. The van der Waals surface area contributed by atoms with E-state index in [0.717, 1.165) is 42.5 Å². The van der Waals surface area contributed by atoms with E-state index < -0.39 is 0 Å². The quantitative estimate of drug-likeness (QED) is 0.583. The standard InChI is InChI=1S/C26H25FN2O2S/c1-26(2)12-20-24(21(30)13-26)18(15-7-9-16(27)10-8-15)11-23(31)29(20)25-19(14-28)17-5-3-4-6-22(17)32-25/h7-10,18H,3-6,11-13H2,1-2H3. The van der Waals surface area contributed by atoms with Crippen LogP contribution >= 0.6 is 11.3 Å². The highest BCUT2D eigenvalue weighted by molar-refractivity contribution is 7.16. The van der Waals surface area contributed by atoms with Crippen molar-refractivity contribution in [1.29, 1.82) is 5.26 Å². The van der Waals surface area contributed by atoms with Crippen LogP contribution in [0.5, 0.6) is 0 Å². The molecule has 0 bridgehead atoms. The first-order valence-corrected chi connectivity index (χ1v) is 12.0. The summed E-state index contributed by atoms with van der Waals surface area (Å²) in [6.07, 6.45) is 5.10. The molecule has 1 aromatic carbocycles. The number of carbonyl (C=O) groups excluding carboxylic acids is 2. The summed E-state index contributed by atoms with van der Waals surface area (Å²) in [4.78, 5) is 29.9. The first-order chi connectivity index (χ1) is 15.3. The van der Waals surface area contributed by atoms with E-state index in [4.69, 9.17) is 0 Å². The summed E-state index contributed by atoms with van der Waals surface area (Å²) in [6.45, 7) is 4.09. The zero-order valence-corrected chi connectivity index (χ0v) is 19.2. The predicted molar refractivity (Wildman–Crippen MR) is 122 cm³/mol. The minimum absolute atomic E-state index is 0.0444. The van der Waals surface area contributed by atoms with E-state index in [1.54, 1.807) is 28.4 Å². The zero-order valence-electron chi connectivity index (χ0n) is 18.3. The summed E-state index contributed by atoms with van der Waals surface area (Å²) >= 11 is 1.54. The van der Waals surface area contributed by atoms with Gasteiger partial charge in [-0.3, -0.25) is 14.5 Å². The van der Waals surface area contributed by atoms with Crippen LogP contribution in [0.2, 0.25) is 0 Å². The summed E-state index contributed by atoms with van der Waals surface area (Å²) in [6, 6.07) is 8.47. The first kappa shape index (κ1) is 21.1. The fraction of sp³-hybridized carbons (Fsp3) is 0.423. The van der Waals surface area contributed by atoms with Gasteiger partial charge in [0.05, 0.1) is 5.56 Å². The Morgan fingerprint density at radius 2 is 1.84 bits per heavy atom. The second kappa shape index (κ2) is 7.67. The molecular formula is C26H25FN2O2S. The van der Waals surface area contributed by atoms with Gasteiger partial charge in [0, 0.05) is 34.9 Å². The van der Waals surface area contributed by atoms with E-state index in [2.05, 4.69) is 6.07 Å². The maximum atomic E-state index is 13.6. The molecule has 1 unspecified atom stereocenters. The van der Waals surface area contributed by atoms with Gasteiger partial charge in [0.15, 0.2) is 5.78 Å². The third-order valence-electron chi connectivity index (χ3n) is 6.88. The van der Waals surface area contributed by atoms with Crippen molar-refractivity contribution in [2.75, 3.05) is 4.90 Å².